The highest BCUT2D eigenvalue weighted by Crippen LogP contribution is 2.25. The van der Waals surface area contributed by atoms with Gasteiger partial charge in [0.15, 0.2) is 0 Å². The summed E-state index contributed by atoms with van der Waals surface area (Å²) in [6, 6.07) is 23.8. The predicted molar refractivity (Wildman–Crippen MR) is 123 cm³/mol. The second-order valence-corrected chi connectivity index (χ2v) is 8.06. The fourth-order valence-corrected chi connectivity index (χ4v) is 4.08. The summed E-state index contributed by atoms with van der Waals surface area (Å²) in [4.78, 5) is 14.4. The largest absolute Gasteiger partial charge is 0.315 e. The van der Waals surface area contributed by atoms with Crippen LogP contribution in [-0.4, -0.2) is 34.2 Å². The number of carbonyl (C=O) groups is 1. The molecule has 0 aliphatic heterocycles. The molecule has 1 N–H and O–H groups in total. The quantitative estimate of drug-likeness (QED) is 0.470. The van der Waals surface area contributed by atoms with E-state index in [1.165, 1.54) is 11.3 Å². The lowest BCUT2D eigenvalue weighted by molar-refractivity contribution is -0.117. The topological polar surface area (TPSA) is 74.0 Å². The zero-order chi connectivity index (χ0) is 21.6. The van der Waals surface area contributed by atoms with Gasteiger partial charge in [-0.25, -0.2) is 4.68 Å². The molecule has 0 unspecified atom stereocenters. The third kappa shape index (κ3) is 4.89. The Bertz CT molecular complexity index is 1210. The second kappa shape index (κ2) is 9.39. The highest BCUT2D eigenvalue weighted by atomic mass is 32.1. The maximum absolute atomic E-state index is 12.5. The summed E-state index contributed by atoms with van der Waals surface area (Å²) in [5, 5.41) is 19.1. The van der Waals surface area contributed by atoms with Crippen LogP contribution in [0.2, 0.25) is 0 Å². The molecule has 31 heavy (non-hydrogen) atoms. The Morgan fingerprint density at radius 3 is 2.55 bits per heavy atom. The lowest BCUT2D eigenvalue weighted by Gasteiger charge is -2.16. The van der Waals surface area contributed by atoms with Crippen LogP contribution in [0.4, 0.5) is 5.00 Å². The fourth-order valence-electron chi connectivity index (χ4n) is 3.33. The van der Waals surface area contributed by atoms with Gasteiger partial charge in [-0.2, -0.15) is 10.4 Å². The van der Waals surface area contributed by atoms with Gasteiger partial charge in [-0.3, -0.25) is 9.69 Å². The highest BCUT2D eigenvalue weighted by Gasteiger charge is 2.16. The van der Waals surface area contributed by atoms with E-state index in [1.54, 1.807) is 11.4 Å². The maximum Gasteiger partial charge on any atom is 0.239 e. The van der Waals surface area contributed by atoms with E-state index >= 15 is 0 Å². The SMILES string of the molecule is CN(CC(=O)Nc1sccc1C#N)Cc1cn(-c2ccccc2)nc1-c1ccccc1. The van der Waals surface area contributed by atoms with Crippen LogP contribution < -0.4 is 5.32 Å². The number of carbonyl (C=O) groups excluding carboxylic acids is 1. The normalized spacial score (nSPS) is 10.7. The molecular formula is C24H21N5OS. The number of nitrogens with zero attached hydrogens (tertiary/aromatic N) is 4. The van der Waals surface area contributed by atoms with Crippen LogP contribution in [0.15, 0.2) is 78.3 Å². The van der Waals surface area contributed by atoms with E-state index in [-0.39, 0.29) is 12.5 Å². The van der Waals surface area contributed by atoms with Crippen LogP contribution in [0.25, 0.3) is 16.9 Å². The Kier molecular flexibility index (Phi) is 6.22. The van der Waals surface area contributed by atoms with Crippen LogP contribution >= 0.6 is 11.3 Å². The molecule has 7 heteroatoms. The number of likely N-dealkylation sites (N-methyl/N-ethyl adjacent to an activating group) is 1. The highest BCUT2D eigenvalue weighted by molar-refractivity contribution is 7.14. The average molecular weight is 428 g/mol. The van der Waals surface area contributed by atoms with Crippen LogP contribution in [0.1, 0.15) is 11.1 Å². The third-order valence-electron chi connectivity index (χ3n) is 4.75. The zero-order valence-electron chi connectivity index (χ0n) is 17.0. The van der Waals surface area contributed by atoms with Gasteiger partial charge in [-0.1, -0.05) is 48.5 Å². The van der Waals surface area contributed by atoms with Gasteiger partial charge in [-0.05, 0) is 30.6 Å². The van der Waals surface area contributed by atoms with Crippen molar-refractivity contribution in [2.24, 2.45) is 0 Å². The van der Waals surface area contributed by atoms with Crippen molar-refractivity contribution < 1.29 is 4.79 Å². The van der Waals surface area contributed by atoms with E-state index in [4.69, 9.17) is 10.4 Å². The van der Waals surface area contributed by atoms with E-state index in [9.17, 15) is 4.79 Å². The molecule has 6 nitrogen and oxygen atoms in total. The molecule has 0 saturated heterocycles. The van der Waals surface area contributed by atoms with Gasteiger partial charge in [0.1, 0.15) is 11.1 Å². The first kappa shape index (κ1) is 20.5. The number of nitrogens with one attached hydrogen (secondary N) is 1. The van der Waals surface area contributed by atoms with Gasteiger partial charge in [0.25, 0.3) is 0 Å². The van der Waals surface area contributed by atoms with Crippen molar-refractivity contribution in [3.05, 3.63) is 89.4 Å². The minimum absolute atomic E-state index is 0.154. The van der Waals surface area contributed by atoms with Crippen molar-refractivity contribution in [1.82, 2.24) is 14.7 Å². The third-order valence-corrected chi connectivity index (χ3v) is 5.58. The average Bonchev–Trinajstić information content (AvgIpc) is 3.41. The monoisotopic (exact) mass is 427 g/mol. The van der Waals surface area contributed by atoms with Crippen LogP contribution in [0, 0.1) is 11.3 Å². The van der Waals surface area contributed by atoms with Crippen molar-refractivity contribution in [2.75, 3.05) is 18.9 Å². The molecular weight excluding hydrogens is 406 g/mol. The fraction of sp³-hybridized carbons (Fsp3) is 0.125. The first-order chi connectivity index (χ1) is 15.1. The van der Waals surface area contributed by atoms with Gasteiger partial charge in [0, 0.05) is 23.9 Å². The molecule has 1 amide bonds. The van der Waals surface area contributed by atoms with Gasteiger partial charge in [0.05, 0.1) is 23.5 Å². The summed E-state index contributed by atoms with van der Waals surface area (Å²) in [6.45, 7) is 0.757. The second-order valence-electron chi connectivity index (χ2n) is 7.14. The molecule has 2 aromatic carbocycles. The van der Waals surface area contributed by atoms with Gasteiger partial charge in [-0.15, -0.1) is 11.3 Å². The molecule has 0 radical (unpaired) electrons. The van der Waals surface area contributed by atoms with Crippen molar-refractivity contribution in [2.45, 2.75) is 6.54 Å². The summed E-state index contributed by atoms with van der Waals surface area (Å²) in [7, 11) is 1.90. The molecule has 4 rings (SSSR count). The van der Waals surface area contributed by atoms with E-state index in [2.05, 4.69) is 11.4 Å². The van der Waals surface area contributed by atoms with Gasteiger partial charge >= 0.3 is 0 Å². The Balaban J connectivity index is 1.53. The first-order valence-corrected chi connectivity index (χ1v) is 10.7. The lowest BCUT2D eigenvalue weighted by Crippen LogP contribution is -2.29. The summed E-state index contributed by atoms with van der Waals surface area (Å²) in [5.74, 6) is -0.154. The number of para-hydroxylation sites is 1. The number of nitriles is 1. The lowest BCUT2D eigenvalue weighted by atomic mass is 10.1. The van der Waals surface area contributed by atoms with Crippen molar-refractivity contribution in [3.63, 3.8) is 0 Å². The van der Waals surface area contributed by atoms with E-state index in [1.807, 2.05) is 83.5 Å². The molecule has 0 aliphatic carbocycles. The molecule has 0 aliphatic rings. The maximum atomic E-state index is 12.5. The number of hydrogen-bond donors (Lipinski definition) is 1. The number of hydrogen-bond acceptors (Lipinski definition) is 5. The van der Waals surface area contributed by atoms with E-state index in [0.29, 0.717) is 17.1 Å². The first-order valence-electron chi connectivity index (χ1n) is 9.79. The Labute approximate surface area is 185 Å². The summed E-state index contributed by atoms with van der Waals surface area (Å²) in [5.41, 5.74) is 4.41. The minimum atomic E-state index is -0.154. The standard InChI is InChI=1S/C24H21N5OS/c1-28(17-22(30)26-24-19(14-25)12-13-31-24)15-20-16-29(21-10-6-3-7-11-21)27-23(20)18-8-4-2-5-9-18/h2-13,16H,15,17H2,1H3,(H,26,30). The van der Waals surface area contributed by atoms with Crippen molar-refractivity contribution in [1.29, 1.82) is 5.26 Å². The zero-order valence-corrected chi connectivity index (χ0v) is 17.8. The van der Waals surface area contributed by atoms with Crippen LogP contribution in [0.3, 0.4) is 0 Å². The molecule has 0 fully saturated rings. The molecule has 4 aromatic rings. The Morgan fingerprint density at radius 1 is 1.13 bits per heavy atom. The summed E-state index contributed by atoms with van der Waals surface area (Å²) < 4.78 is 1.87. The van der Waals surface area contributed by atoms with Crippen molar-refractivity contribution >= 4 is 22.2 Å². The molecule has 0 bridgehead atoms. The van der Waals surface area contributed by atoms with Gasteiger partial charge < -0.3 is 5.32 Å². The molecule has 2 aromatic heterocycles. The molecule has 0 atom stereocenters. The number of thiophene rings is 1. The Hall–Kier alpha value is -3.73. The number of anilines is 1. The number of benzene rings is 2. The minimum Gasteiger partial charge on any atom is -0.315 e. The van der Waals surface area contributed by atoms with E-state index < -0.39 is 0 Å². The predicted octanol–water partition coefficient (Wildman–Crippen LogP) is 4.54. The molecule has 0 spiro atoms. The van der Waals surface area contributed by atoms with Crippen LogP contribution in [0.5, 0.6) is 0 Å². The molecule has 0 saturated carbocycles. The smallest absolute Gasteiger partial charge is 0.239 e. The summed E-state index contributed by atoms with van der Waals surface area (Å²) in [6.07, 6.45) is 2.01. The molecule has 2 heterocycles. The van der Waals surface area contributed by atoms with Crippen molar-refractivity contribution in [3.8, 4) is 23.0 Å². The molecule has 154 valence electrons. The van der Waals surface area contributed by atoms with Crippen LogP contribution in [-0.2, 0) is 11.3 Å². The number of aromatic nitrogens is 2. The number of amides is 1. The van der Waals surface area contributed by atoms with E-state index in [0.717, 1.165) is 22.5 Å². The summed E-state index contributed by atoms with van der Waals surface area (Å²) >= 11 is 1.35. The Morgan fingerprint density at radius 2 is 1.84 bits per heavy atom. The van der Waals surface area contributed by atoms with Gasteiger partial charge in [0.2, 0.25) is 5.91 Å². The number of rotatable bonds is 7.